The number of hydrogen-bond donors (Lipinski definition) is 1. The molecule has 4 aromatic rings. The quantitative estimate of drug-likeness (QED) is 0.185. The lowest BCUT2D eigenvalue weighted by Gasteiger charge is -2.33. The van der Waals surface area contributed by atoms with E-state index in [2.05, 4.69) is 21.2 Å². The van der Waals surface area contributed by atoms with Gasteiger partial charge in [-0.05, 0) is 63.3 Å². The van der Waals surface area contributed by atoms with E-state index in [1.165, 1.54) is 6.42 Å². The summed E-state index contributed by atoms with van der Waals surface area (Å²) in [5.74, 6) is 0.0176. The summed E-state index contributed by atoms with van der Waals surface area (Å²) in [5.41, 5.74) is 1.53. The molecule has 218 valence electrons. The zero-order chi connectivity index (χ0) is 29.5. The Balaban J connectivity index is 1.46. The van der Waals surface area contributed by atoms with Gasteiger partial charge >= 0.3 is 0 Å². The third-order valence-corrected chi connectivity index (χ3v) is 9.32. The monoisotopic (exact) mass is 666 g/mol. The molecular formula is C34H33BrCl2N2O3. The normalized spacial score (nSPS) is 14.4. The van der Waals surface area contributed by atoms with Crippen molar-refractivity contribution in [1.29, 1.82) is 0 Å². The van der Waals surface area contributed by atoms with Gasteiger partial charge in [0.1, 0.15) is 11.8 Å². The third-order valence-electron chi connectivity index (χ3n) is 7.79. The van der Waals surface area contributed by atoms with E-state index in [4.69, 9.17) is 27.9 Å². The van der Waals surface area contributed by atoms with Gasteiger partial charge in [0.15, 0.2) is 6.61 Å². The molecule has 1 saturated carbocycles. The first-order valence-electron chi connectivity index (χ1n) is 14.3. The van der Waals surface area contributed by atoms with Gasteiger partial charge in [0.05, 0.1) is 4.47 Å². The Morgan fingerprint density at radius 1 is 0.881 bits per heavy atom. The highest BCUT2D eigenvalue weighted by atomic mass is 79.9. The second-order valence-corrected chi connectivity index (χ2v) is 12.3. The Hall–Kier alpha value is -3.06. The Morgan fingerprint density at radius 2 is 1.57 bits per heavy atom. The van der Waals surface area contributed by atoms with Crippen LogP contribution in [0, 0.1) is 0 Å². The number of amides is 2. The molecule has 5 rings (SSSR count). The highest BCUT2D eigenvalue weighted by molar-refractivity contribution is 9.10. The molecule has 0 heterocycles. The molecule has 2 amide bonds. The number of ether oxygens (including phenoxy) is 1. The second-order valence-electron chi connectivity index (χ2n) is 10.7. The van der Waals surface area contributed by atoms with Crippen LogP contribution >= 0.6 is 39.1 Å². The summed E-state index contributed by atoms with van der Waals surface area (Å²) in [7, 11) is 0. The predicted molar refractivity (Wildman–Crippen MR) is 173 cm³/mol. The number of halogens is 3. The fourth-order valence-electron chi connectivity index (χ4n) is 5.50. The molecule has 0 bridgehead atoms. The second kappa shape index (κ2) is 14.4. The number of nitrogens with one attached hydrogen (secondary N) is 1. The van der Waals surface area contributed by atoms with Gasteiger partial charge in [-0.1, -0.05) is 109 Å². The number of rotatable bonds is 10. The van der Waals surface area contributed by atoms with Crippen molar-refractivity contribution in [2.75, 3.05) is 6.61 Å². The molecule has 0 saturated heterocycles. The van der Waals surface area contributed by atoms with Crippen LogP contribution in [0.1, 0.15) is 43.2 Å². The maximum atomic E-state index is 14.1. The summed E-state index contributed by atoms with van der Waals surface area (Å²) >= 11 is 16.8. The first-order chi connectivity index (χ1) is 20.4. The number of carbonyl (C=O) groups is 2. The van der Waals surface area contributed by atoms with Crippen LogP contribution in [0.5, 0.6) is 5.75 Å². The fourth-order valence-corrected chi connectivity index (χ4v) is 6.62. The molecule has 8 heteroatoms. The third kappa shape index (κ3) is 7.47. The minimum atomic E-state index is -0.794. The van der Waals surface area contributed by atoms with Crippen LogP contribution in [-0.4, -0.2) is 35.4 Å². The average Bonchev–Trinajstić information content (AvgIpc) is 3.01. The maximum absolute atomic E-state index is 14.1. The Labute approximate surface area is 265 Å². The number of nitrogens with zero attached hydrogens (tertiary/aromatic N) is 1. The maximum Gasteiger partial charge on any atom is 0.261 e. The van der Waals surface area contributed by atoms with Crippen LogP contribution in [-0.2, 0) is 22.6 Å². The summed E-state index contributed by atoms with van der Waals surface area (Å²) in [6.07, 6.45) is 5.56. The molecular weight excluding hydrogens is 635 g/mol. The standard InChI is InChI=1S/C34H33BrCl2N2O3/c35-33-26-15-8-7-12-24(26)18-19-31(33)42-22-32(40)39(21-27-28(36)16-9-17-29(27)37)30(20-23-10-3-1-4-11-23)34(41)38-25-13-5-2-6-14-25/h1,3-4,7-12,15-19,25,30H,2,5-6,13-14,20-22H2,(H,38,41). The minimum absolute atomic E-state index is 0.0647. The van der Waals surface area contributed by atoms with E-state index in [-0.39, 0.29) is 31.0 Å². The molecule has 42 heavy (non-hydrogen) atoms. The summed E-state index contributed by atoms with van der Waals surface area (Å²) in [6, 6.07) is 26.0. The lowest BCUT2D eigenvalue weighted by molar-refractivity contribution is -0.143. The van der Waals surface area contributed by atoms with Gasteiger partial charge < -0.3 is 15.0 Å². The van der Waals surface area contributed by atoms with Crippen molar-refractivity contribution in [1.82, 2.24) is 10.2 Å². The number of hydrogen-bond acceptors (Lipinski definition) is 3. The van der Waals surface area contributed by atoms with Crippen LogP contribution in [0.4, 0.5) is 0 Å². The predicted octanol–water partition coefficient (Wildman–Crippen LogP) is 8.38. The van der Waals surface area contributed by atoms with Crippen molar-refractivity contribution >= 4 is 61.7 Å². The highest BCUT2D eigenvalue weighted by Crippen LogP contribution is 2.33. The van der Waals surface area contributed by atoms with Crippen molar-refractivity contribution in [3.05, 3.63) is 111 Å². The summed E-state index contributed by atoms with van der Waals surface area (Å²) in [6.45, 7) is -0.198. The van der Waals surface area contributed by atoms with E-state index in [1.807, 2.05) is 66.7 Å². The number of carbonyl (C=O) groups excluding carboxylic acids is 2. The fraction of sp³-hybridized carbons (Fsp3) is 0.294. The van der Waals surface area contributed by atoms with Gasteiger partial charge in [0.2, 0.25) is 5.91 Å². The Kier molecular flexibility index (Phi) is 10.4. The lowest BCUT2D eigenvalue weighted by Crippen LogP contribution is -2.53. The molecule has 1 atom stereocenters. The van der Waals surface area contributed by atoms with E-state index in [0.717, 1.165) is 46.5 Å². The van der Waals surface area contributed by atoms with E-state index in [0.29, 0.717) is 27.8 Å². The van der Waals surface area contributed by atoms with E-state index in [1.54, 1.807) is 23.1 Å². The molecule has 1 unspecified atom stereocenters. The van der Waals surface area contributed by atoms with Crippen molar-refractivity contribution in [2.24, 2.45) is 0 Å². The van der Waals surface area contributed by atoms with Crippen molar-refractivity contribution in [3.63, 3.8) is 0 Å². The van der Waals surface area contributed by atoms with E-state index in [9.17, 15) is 9.59 Å². The molecule has 1 aliphatic rings. The van der Waals surface area contributed by atoms with Crippen LogP contribution < -0.4 is 10.1 Å². The van der Waals surface area contributed by atoms with Crippen LogP contribution in [0.15, 0.2) is 89.4 Å². The van der Waals surface area contributed by atoms with Gasteiger partial charge in [-0.2, -0.15) is 0 Å². The van der Waals surface area contributed by atoms with Crippen molar-refractivity contribution in [2.45, 2.75) is 57.2 Å². The number of benzene rings is 4. The van der Waals surface area contributed by atoms with E-state index >= 15 is 0 Å². The molecule has 4 aromatic carbocycles. The highest BCUT2D eigenvalue weighted by Gasteiger charge is 2.33. The molecule has 1 aliphatic carbocycles. The zero-order valence-electron chi connectivity index (χ0n) is 23.2. The van der Waals surface area contributed by atoms with Crippen molar-refractivity contribution < 1.29 is 14.3 Å². The largest absolute Gasteiger partial charge is 0.483 e. The average molecular weight is 668 g/mol. The summed E-state index contributed by atoms with van der Waals surface area (Å²) in [4.78, 5) is 29.6. The summed E-state index contributed by atoms with van der Waals surface area (Å²) < 4.78 is 6.85. The van der Waals surface area contributed by atoms with Gasteiger partial charge in [-0.15, -0.1) is 0 Å². The molecule has 5 nitrogen and oxygen atoms in total. The first-order valence-corrected chi connectivity index (χ1v) is 15.8. The molecule has 1 fully saturated rings. The lowest BCUT2D eigenvalue weighted by atomic mass is 9.94. The zero-order valence-corrected chi connectivity index (χ0v) is 26.3. The number of fused-ring (bicyclic) bond motifs is 1. The Bertz CT molecular complexity index is 1520. The minimum Gasteiger partial charge on any atom is -0.483 e. The first kappa shape index (κ1) is 30.4. The molecule has 0 aromatic heterocycles. The van der Waals surface area contributed by atoms with Gasteiger partial charge in [-0.25, -0.2) is 0 Å². The molecule has 1 N–H and O–H groups in total. The summed E-state index contributed by atoms with van der Waals surface area (Å²) in [5, 5.41) is 6.15. The van der Waals surface area contributed by atoms with Crippen LogP contribution in [0.2, 0.25) is 10.0 Å². The molecule has 0 radical (unpaired) electrons. The van der Waals surface area contributed by atoms with Gasteiger partial charge in [0, 0.05) is 34.6 Å². The van der Waals surface area contributed by atoms with Gasteiger partial charge in [0.25, 0.3) is 5.91 Å². The van der Waals surface area contributed by atoms with E-state index < -0.39 is 6.04 Å². The van der Waals surface area contributed by atoms with Gasteiger partial charge in [-0.3, -0.25) is 9.59 Å². The molecule has 0 spiro atoms. The van der Waals surface area contributed by atoms with Crippen LogP contribution in [0.3, 0.4) is 0 Å². The SMILES string of the molecule is O=C(NC1CCCCC1)C(Cc1ccccc1)N(Cc1c(Cl)cccc1Cl)C(=O)COc1ccc2ccccc2c1Br. The molecule has 0 aliphatic heterocycles. The van der Waals surface area contributed by atoms with Crippen molar-refractivity contribution in [3.8, 4) is 5.75 Å². The van der Waals surface area contributed by atoms with Crippen LogP contribution in [0.25, 0.3) is 10.8 Å². The topological polar surface area (TPSA) is 58.6 Å². The Morgan fingerprint density at radius 3 is 2.31 bits per heavy atom. The smallest absolute Gasteiger partial charge is 0.261 e.